The average molecular weight is 494 g/mol. The van der Waals surface area contributed by atoms with Crippen molar-refractivity contribution in [3.05, 3.63) is 91.0 Å². The molecular weight excluding hydrogens is 466 g/mol. The van der Waals surface area contributed by atoms with E-state index in [9.17, 15) is 0 Å². The smallest absolute Gasteiger partial charge is 0.202 e. The third kappa shape index (κ3) is 3.42. The van der Waals surface area contributed by atoms with Crippen molar-refractivity contribution < 1.29 is 0 Å². The number of guanidine groups is 1. The molecule has 6 aromatic rings. The maximum Gasteiger partial charge on any atom is 0.202 e. The van der Waals surface area contributed by atoms with E-state index < -0.39 is 0 Å². The number of pyridine rings is 2. The molecule has 4 heterocycles. The Balaban J connectivity index is 1.26. The van der Waals surface area contributed by atoms with Gasteiger partial charge in [-0.15, -0.1) is 0 Å². The Bertz CT molecular complexity index is 1910. The predicted octanol–water partition coefficient (Wildman–Crippen LogP) is 7.03. The lowest BCUT2D eigenvalue weighted by atomic mass is 9.99. The van der Waals surface area contributed by atoms with E-state index in [-0.39, 0.29) is 0 Å². The largest absolute Gasteiger partial charge is 0.342 e. The van der Waals surface area contributed by atoms with Gasteiger partial charge in [-0.05, 0) is 58.7 Å². The zero-order chi connectivity index (χ0) is 25.1. The van der Waals surface area contributed by atoms with Gasteiger partial charge in [0.15, 0.2) is 0 Å². The molecule has 0 saturated carbocycles. The second-order valence-electron chi connectivity index (χ2n) is 10.3. The van der Waals surface area contributed by atoms with Crippen LogP contribution >= 0.6 is 0 Å². The number of anilines is 1. The molecular formula is C33H27N5. The molecule has 5 heteroatoms. The number of hydrogen-bond acceptors (Lipinski definition) is 5. The molecule has 1 fully saturated rings. The standard InChI is InChI=1S/C33H27N5/c1-2-6-27-22(5-1)7-10-25-21-26(11-14-28(25)27)29-15-12-23-8-9-24-13-16-30(36-32(24)31(23)35-29)38-20-4-19-37-18-3-17-34-33(37)38/h1-2,5-16,21H,3-4,17-20H2. The second kappa shape index (κ2) is 8.52. The lowest BCUT2D eigenvalue weighted by molar-refractivity contribution is 0.359. The first-order chi connectivity index (χ1) is 18.8. The van der Waals surface area contributed by atoms with Crippen molar-refractivity contribution in [1.82, 2.24) is 14.9 Å². The Morgan fingerprint density at radius 1 is 0.579 bits per heavy atom. The zero-order valence-electron chi connectivity index (χ0n) is 21.1. The summed E-state index contributed by atoms with van der Waals surface area (Å²) in [5.74, 6) is 2.03. The number of nitrogens with zero attached hydrogens (tertiary/aromatic N) is 5. The Hall–Kier alpha value is -4.51. The first-order valence-corrected chi connectivity index (χ1v) is 13.5. The highest BCUT2D eigenvalue weighted by atomic mass is 15.4. The van der Waals surface area contributed by atoms with Gasteiger partial charge >= 0.3 is 0 Å². The van der Waals surface area contributed by atoms with Crippen molar-refractivity contribution in [2.24, 2.45) is 4.99 Å². The van der Waals surface area contributed by atoms with E-state index in [1.165, 1.54) is 21.5 Å². The molecule has 1 saturated heterocycles. The number of fused-ring (bicyclic) bond motifs is 7. The normalized spacial score (nSPS) is 15.8. The molecule has 0 N–H and O–H groups in total. The molecule has 5 nitrogen and oxygen atoms in total. The molecule has 0 bridgehead atoms. The minimum atomic E-state index is 0.894. The van der Waals surface area contributed by atoms with Gasteiger partial charge in [0.2, 0.25) is 5.96 Å². The molecule has 8 rings (SSSR count). The molecule has 38 heavy (non-hydrogen) atoms. The summed E-state index contributed by atoms with van der Waals surface area (Å²) in [4.78, 5) is 19.9. The monoisotopic (exact) mass is 493 g/mol. The lowest BCUT2D eigenvalue weighted by Crippen LogP contribution is -2.52. The lowest BCUT2D eigenvalue weighted by Gasteiger charge is -2.40. The minimum absolute atomic E-state index is 0.894. The van der Waals surface area contributed by atoms with Crippen LogP contribution in [0.2, 0.25) is 0 Å². The maximum absolute atomic E-state index is 5.19. The number of hydrogen-bond donors (Lipinski definition) is 0. The van der Waals surface area contributed by atoms with Crippen molar-refractivity contribution in [2.45, 2.75) is 12.8 Å². The summed E-state index contributed by atoms with van der Waals surface area (Å²) in [7, 11) is 0. The van der Waals surface area contributed by atoms with E-state index in [0.29, 0.717) is 0 Å². The Morgan fingerprint density at radius 2 is 1.32 bits per heavy atom. The third-order valence-electron chi connectivity index (χ3n) is 8.00. The highest BCUT2D eigenvalue weighted by molar-refractivity contribution is 6.09. The van der Waals surface area contributed by atoms with E-state index in [2.05, 4.69) is 101 Å². The van der Waals surface area contributed by atoms with E-state index in [0.717, 1.165) is 83.9 Å². The van der Waals surface area contributed by atoms with E-state index in [1.807, 2.05) is 0 Å². The third-order valence-corrected chi connectivity index (χ3v) is 8.00. The number of benzene rings is 4. The molecule has 0 radical (unpaired) electrons. The van der Waals surface area contributed by atoms with Crippen LogP contribution in [0, 0.1) is 0 Å². The molecule has 0 unspecified atom stereocenters. The quantitative estimate of drug-likeness (QED) is 0.243. The molecule has 2 aliphatic heterocycles. The topological polar surface area (TPSA) is 44.6 Å². The summed E-state index contributed by atoms with van der Waals surface area (Å²) in [6, 6.07) is 32.5. The van der Waals surface area contributed by atoms with Gasteiger partial charge in [-0.25, -0.2) is 9.97 Å². The fraction of sp³-hybridized carbons (Fsp3) is 0.182. The Morgan fingerprint density at radius 3 is 2.26 bits per heavy atom. The van der Waals surface area contributed by atoms with Gasteiger partial charge in [-0.2, -0.15) is 0 Å². The van der Waals surface area contributed by atoms with Crippen molar-refractivity contribution >= 4 is 55.1 Å². The van der Waals surface area contributed by atoms with Crippen molar-refractivity contribution in [2.75, 3.05) is 31.1 Å². The first-order valence-electron chi connectivity index (χ1n) is 13.5. The van der Waals surface area contributed by atoms with Crippen LogP contribution in [0.5, 0.6) is 0 Å². The average Bonchev–Trinajstić information content (AvgIpc) is 3.00. The van der Waals surface area contributed by atoms with Crippen molar-refractivity contribution in [3.63, 3.8) is 0 Å². The minimum Gasteiger partial charge on any atom is -0.342 e. The maximum atomic E-state index is 5.19. The van der Waals surface area contributed by atoms with Gasteiger partial charge in [0.1, 0.15) is 5.82 Å². The summed E-state index contributed by atoms with van der Waals surface area (Å²) in [6.45, 7) is 4.00. The van der Waals surface area contributed by atoms with Crippen LogP contribution in [0.25, 0.3) is 54.6 Å². The SMILES string of the molecule is c1ccc2c(c1)ccc1cc(-c3ccc4ccc5ccc(N6CCCN7CCCN=C76)nc5c4n3)ccc12. The van der Waals surface area contributed by atoms with Crippen LogP contribution in [0.15, 0.2) is 96.0 Å². The highest BCUT2D eigenvalue weighted by Gasteiger charge is 2.27. The van der Waals surface area contributed by atoms with E-state index >= 15 is 0 Å². The van der Waals surface area contributed by atoms with Crippen molar-refractivity contribution in [1.29, 1.82) is 0 Å². The zero-order valence-corrected chi connectivity index (χ0v) is 21.1. The van der Waals surface area contributed by atoms with Crippen LogP contribution in [0.3, 0.4) is 0 Å². The van der Waals surface area contributed by atoms with Gasteiger partial charge < -0.3 is 4.90 Å². The number of rotatable bonds is 2. The van der Waals surface area contributed by atoms with Crippen molar-refractivity contribution in [3.8, 4) is 11.3 Å². The van der Waals surface area contributed by atoms with Gasteiger partial charge in [0.25, 0.3) is 0 Å². The van der Waals surface area contributed by atoms with Gasteiger partial charge in [-0.3, -0.25) is 9.89 Å². The summed E-state index contributed by atoms with van der Waals surface area (Å²) in [5, 5.41) is 7.25. The summed E-state index contributed by atoms with van der Waals surface area (Å²) in [6.07, 6.45) is 2.25. The molecule has 0 atom stereocenters. The summed E-state index contributed by atoms with van der Waals surface area (Å²) in [5.41, 5.74) is 3.97. The van der Waals surface area contributed by atoms with Gasteiger partial charge in [-0.1, -0.05) is 66.7 Å². The molecule has 2 aromatic heterocycles. The molecule has 2 aliphatic rings. The van der Waals surface area contributed by atoms with E-state index in [1.54, 1.807) is 0 Å². The number of aromatic nitrogens is 2. The Kier molecular flexibility index (Phi) is 4.84. The molecule has 184 valence electrons. The van der Waals surface area contributed by atoms with Crippen LogP contribution < -0.4 is 4.90 Å². The molecule has 0 aliphatic carbocycles. The van der Waals surface area contributed by atoms with Gasteiger partial charge in [0.05, 0.1) is 16.7 Å². The first kappa shape index (κ1) is 21.6. The molecule has 0 amide bonds. The Labute approximate surface area is 221 Å². The second-order valence-corrected chi connectivity index (χ2v) is 10.3. The molecule has 4 aromatic carbocycles. The van der Waals surface area contributed by atoms with Crippen LogP contribution in [-0.2, 0) is 0 Å². The van der Waals surface area contributed by atoms with E-state index in [4.69, 9.17) is 15.0 Å². The summed E-state index contributed by atoms with van der Waals surface area (Å²) < 4.78 is 0. The van der Waals surface area contributed by atoms with Crippen LogP contribution in [0.4, 0.5) is 5.82 Å². The fourth-order valence-electron chi connectivity index (χ4n) is 6.09. The van der Waals surface area contributed by atoms with Crippen LogP contribution in [0.1, 0.15) is 12.8 Å². The number of aliphatic imine (C=N–C) groups is 1. The van der Waals surface area contributed by atoms with Crippen LogP contribution in [-0.4, -0.2) is 47.0 Å². The fourth-order valence-corrected chi connectivity index (χ4v) is 6.09. The summed E-state index contributed by atoms with van der Waals surface area (Å²) >= 11 is 0. The molecule has 0 spiro atoms. The van der Waals surface area contributed by atoms with Gasteiger partial charge in [0, 0.05) is 42.5 Å². The predicted molar refractivity (Wildman–Crippen MR) is 158 cm³/mol. The highest BCUT2D eigenvalue weighted by Crippen LogP contribution is 2.32.